The molecule has 0 amide bonds. The molecule has 0 fully saturated rings. The summed E-state index contributed by atoms with van der Waals surface area (Å²) in [5.74, 6) is -4.29. The minimum absolute atomic E-state index is 0.00474. The average molecular weight is 358 g/mol. The molecule has 130 valence electrons. The third-order valence-electron chi connectivity index (χ3n) is 3.06. The molecule has 9 nitrogen and oxygen atoms in total. The lowest BCUT2D eigenvalue weighted by atomic mass is 10.1. The number of carbonyl (C=O) groups is 3. The Balaban J connectivity index is 2.89. The Hall–Kier alpha value is -2.35. The van der Waals surface area contributed by atoms with Crippen molar-refractivity contribution in [3.05, 3.63) is 29.8 Å². The van der Waals surface area contributed by atoms with Crippen LogP contribution in [0.15, 0.2) is 29.3 Å². The van der Waals surface area contributed by atoms with E-state index in [9.17, 15) is 24.2 Å². The summed E-state index contributed by atoms with van der Waals surface area (Å²) >= 11 is 0. The van der Waals surface area contributed by atoms with Crippen LogP contribution >= 0.6 is 7.72 Å². The van der Waals surface area contributed by atoms with Crippen LogP contribution in [-0.4, -0.2) is 55.1 Å². The van der Waals surface area contributed by atoms with Gasteiger partial charge in [-0.3, -0.25) is 9.59 Å². The van der Waals surface area contributed by atoms with E-state index in [-0.39, 0.29) is 17.7 Å². The molecule has 1 atom stereocenters. The molecule has 1 unspecified atom stereocenters. The highest BCUT2D eigenvalue weighted by Crippen LogP contribution is 2.49. The second-order valence-electron chi connectivity index (χ2n) is 5.00. The van der Waals surface area contributed by atoms with Crippen molar-refractivity contribution >= 4 is 37.3 Å². The SMILES string of the molecule is O=C(O)CCC(C[P+](O)(O)C=Nc1ccccc1C(=O)O)C(=O)O. The molecule has 5 N–H and O–H groups in total. The average Bonchev–Trinajstić information content (AvgIpc) is 2.49. The molecule has 0 bridgehead atoms. The van der Waals surface area contributed by atoms with Gasteiger partial charge < -0.3 is 15.3 Å². The summed E-state index contributed by atoms with van der Waals surface area (Å²) in [7, 11) is -3.89. The van der Waals surface area contributed by atoms with Crippen LogP contribution in [-0.2, 0) is 9.59 Å². The van der Waals surface area contributed by atoms with E-state index < -0.39 is 44.1 Å². The Morgan fingerprint density at radius 3 is 2.29 bits per heavy atom. The maximum Gasteiger partial charge on any atom is 0.337 e. The van der Waals surface area contributed by atoms with Crippen molar-refractivity contribution in [3.8, 4) is 0 Å². The zero-order valence-corrected chi connectivity index (χ0v) is 13.3. The van der Waals surface area contributed by atoms with Gasteiger partial charge in [-0.2, -0.15) is 0 Å². The predicted octanol–water partition coefficient (Wildman–Crippen LogP) is 1.44. The van der Waals surface area contributed by atoms with Crippen LogP contribution in [0.25, 0.3) is 0 Å². The van der Waals surface area contributed by atoms with E-state index in [1.54, 1.807) is 0 Å². The molecule has 0 aliphatic rings. The molecule has 1 aromatic carbocycles. The molecule has 0 aliphatic heterocycles. The first-order valence-corrected chi connectivity index (χ1v) is 8.72. The fourth-order valence-electron chi connectivity index (χ4n) is 1.88. The van der Waals surface area contributed by atoms with Gasteiger partial charge in [-0.1, -0.05) is 12.1 Å². The number of nitrogens with zero attached hydrogens (tertiary/aromatic N) is 1. The van der Waals surface area contributed by atoms with Crippen molar-refractivity contribution in [3.63, 3.8) is 0 Å². The summed E-state index contributed by atoms with van der Waals surface area (Å²) in [6, 6.07) is 5.64. The van der Waals surface area contributed by atoms with Crippen molar-refractivity contribution in [2.24, 2.45) is 10.9 Å². The van der Waals surface area contributed by atoms with Crippen molar-refractivity contribution in [2.45, 2.75) is 12.8 Å². The Bertz CT molecular complexity index is 658. The number of para-hydroxylation sites is 1. The van der Waals surface area contributed by atoms with Crippen LogP contribution in [0.5, 0.6) is 0 Å². The highest BCUT2D eigenvalue weighted by atomic mass is 31.2. The van der Waals surface area contributed by atoms with Crippen LogP contribution in [0.4, 0.5) is 5.69 Å². The first kappa shape index (κ1) is 19.7. The van der Waals surface area contributed by atoms with Crippen LogP contribution in [0, 0.1) is 5.92 Å². The van der Waals surface area contributed by atoms with E-state index in [0.29, 0.717) is 0 Å². The minimum atomic E-state index is -3.89. The maximum absolute atomic E-state index is 11.1. The van der Waals surface area contributed by atoms with Gasteiger partial charge in [-0.05, 0) is 18.6 Å². The fraction of sp³-hybridized carbons (Fsp3) is 0.286. The molecule has 1 rings (SSSR count). The van der Waals surface area contributed by atoms with E-state index in [0.717, 1.165) is 5.96 Å². The molecule has 10 heteroatoms. The first-order valence-electron chi connectivity index (χ1n) is 6.78. The normalized spacial score (nSPS) is 12.9. The van der Waals surface area contributed by atoms with E-state index in [1.165, 1.54) is 24.3 Å². The maximum atomic E-state index is 11.1. The summed E-state index contributed by atoms with van der Waals surface area (Å²) in [6.07, 6.45) is -1.25. The second kappa shape index (κ2) is 8.49. The van der Waals surface area contributed by atoms with Crippen molar-refractivity contribution in [1.82, 2.24) is 0 Å². The Kier molecular flexibility index (Phi) is 6.97. The zero-order valence-electron chi connectivity index (χ0n) is 12.4. The van der Waals surface area contributed by atoms with Crippen LogP contribution in [0.3, 0.4) is 0 Å². The van der Waals surface area contributed by atoms with Gasteiger partial charge in [0.1, 0.15) is 6.16 Å². The van der Waals surface area contributed by atoms with Crippen LogP contribution in [0.2, 0.25) is 0 Å². The lowest BCUT2D eigenvalue weighted by Gasteiger charge is -2.13. The number of benzene rings is 1. The van der Waals surface area contributed by atoms with Gasteiger partial charge >= 0.3 is 25.6 Å². The Labute approximate surface area is 137 Å². The summed E-state index contributed by atoms with van der Waals surface area (Å²) in [4.78, 5) is 56.3. The zero-order chi connectivity index (χ0) is 18.3. The second-order valence-corrected chi connectivity index (χ2v) is 7.17. The summed E-state index contributed by atoms with van der Waals surface area (Å²) in [5.41, 5.74) is -0.149. The Morgan fingerprint density at radius 1 is 1.12 bits per heavy atom. The standard InChI is InChI=1S/C14H16NO8P/c16-12(17)6-5-9(13(18)19)7-24(22,23)8-15-11-4-2-1-3-10(11)14(20)21/h1-4,8-9,22-23H,5-7H2,(H2-,16,17,18,19,20,21)/p+1. The molecule has 0 saturated carbocycles. The molecule has 1 aromatic rings. The lowest BCUT2D eigenvalue weighted by molar-refractivity contribution is -0.142. The number of aliphatic imine (C=N–C) groups is 1. The molecular formula is C14H17NO8P+. The number of hydrogen-bond acceptors (Lipinski definition) is 6. The molecule has 0 spiro atoms. The van der Waals surface area contributed by atoms with Gasteiger partial charge in [-0.25, -0.2) is 19.6 Å². The highest BCUT2D eigenvalue weighted by molar-refractivity contribution is 7.79. The minimum Gasteiger partial charge on any atom is -0.481 e. The van der Waals surface area contributed by atoms with Gasteiger partial charge in [0.05, 0.1) is 17.2 Å². The molecule has 0 heterocycles. The smallest absolute Gasteiger partial charge is 0.337 e. The summed E-state index contributed by atoms with van der Waals surface area (Å²) in [6.45, 7) is 0. The molecule has 24 heavy (non-hydrogen) atoms. The third-order valence-corrected chi connectivity index (χ3v) is 4.52. The van der Waals surface area contributed by atoms with Crippen molar-refractivity contribution in [2.75, 3.05) is 6.16 Å². The number of rotatable bonds is 9. The van der Waals surface area contributed by atoms with Gasteiger partial charge in [0.25, 0.3) is 0 Å². The molecule has 0 aromatic heterocycles. The molecule has 0 saturated heterocycles. The van der Waals surface area contributed by atoms with E-state index in [4.69, 9.17) is 15.3 Å². The molecule has 0 aliphatic carbocycles. The topological polar surface area (TPSA) is 165 Å². The summed E-state index contributed by atoms with van der Waals surface area (Å²) in [5, 5.41) is 26.6. The fourth-order valence-corrected chi connectivity index (χ4v) is 3.27. The van der Waals surface area contributed by atoms with Crippen molar-refractivity contribution in [1.29, 1.82) is 0 Å². The number of carboxylic acid groups (broad SMARTS) is 3. The lowest BCUT2D eigenvalue weighted by Crippen LogP contribution is -2.21. The molecular weight excluding hydrogens is 341 g/mol. The first-order chi connectivity index (χ1) is 11.1. The van der Waals surface area contributed by atoms with Crippen LogP contribution in [0.1, 0.15) is 23.2 Å². The number of aromatic carboxylic acids is 1. The highest BCUT2D eigenvalue weighted by Gasteiger charge is 2.38. The number of hydrogen-bond donors (Lipinski definition) is 5. The number of carboxylic acids is 3. The van der Waals surface area contributed by atoms with E-state index >= 15 is 0 Å². The quantitative estimate of drug-likeness (QED) is 0.327. The Morgan fingerprint density at radius 2 is 1.75 bits per heavy atom. The number of aliphatic carboxylic acids is 2. The van der Waals surface area contributed by atoms with Gasteiger partial charge in [-0.15, -0.1) is 0 Å². The third kappa shape index (κ3) is 6.41. The van der Waals surface area contributed by atoms with Crippen LogP contribution < -0.4 is 0 Å². The van der Waals surface area contributed by atoms with Gasteiger partial charge in [0.15, 0.2) is 0 Å². The summed E-state index contributed by atoms with van der Waals surface area (Å²) < 4.78 is 0. The van der Waals surface area contributed by atoms with Gasteiger partial charge in [0.2, 0.25) is 5.96 Å². The van der Waals surface area contributed by atoms with E-state index in [2.05, 4.69) is 4.99 Å². The monoisotopic (exact) mass is 358 g/mol. The predicted molar refractivity (Wildman–Crippen MR) is 85.8 cm³/mol. The largest absolute Gasteiger partial charge is 0.481 e. The van der Waals surface area contributed by atoms with Gasteiger partial charge in [0, 0.05) is 6.42 Å². The van der Waals surface area contributed by atoms with Crippen molar-refractivity contribution < 1.29 is 39.5 Å². The molecule has 0 radical (unpaired) electrons. The van der Waals surface area contributed by atoms with E-state index in [1.807, 2.05) is 0 Å².